The lowest BCUT2D eigenvalue weighted by Crippen LogP contribution is -2.43. The number of carbonyl (C=O) groups is 1. The molecule has 1 aromatic carbocycles. The zero-order valence-electron chi connectivity index (χ0n) is 14.9. The van der Waals surface area contributed by atoms with Crippen LogP contribution in [0, 0.1) is 5.41 Å². The molecule has 5 nitrogen and oxygen atoms in total. The van der Waals surface area contributed by atoms with Gasteiger partial charge >= 0.3 is 0 Å². The third-order valence-electron chi connectivity index (χ3n) is 5.37. The van der Waals surface area contributed by atoms with Crippen LogP contribution < -0.4 is 10.6 Å². The summed E-state index contributed by atoms with van der Waals surface area (Å²) < 4.78 is 0.917. The first kappa shape index (κ1) is 18.2. The maximum atomic E-state index is 12.1. The molecule has 1 saturated carbocycles. The standard InChI is InChI=1S/C19H27BrN4O/c1-21-18(24-12-9-19(14-24)7-3-8-19)23-11-4-10-22-17(25)15-5-2-6-16(20)13-15/h2,5-6,13H,3-4,7-12,14H2,1H3,(H,21,23)(H,22,25). The van der Waals surface area contributed by atoms with Gasteiger partial charge in [0.1, 0.15) is 0 Å². The van der Waals surface area contributed by atoms with Gasteiger partial charge in [-0.15, -0.1) is 0 Å². The SMILES string of the molecule is CN=C(NCCCNC(=O)c1cccc(Br)c1)N1CCC2(CCC2)C1. The van der Waals surface area contributed by atoms with Gasteiger partial charge in [0.05, 0.1) is 0 Å². The summed E-state index contributed by atoms with van der Waals surface area (Å²) in [5, 5.41) is 6.40. The van der Waals surface area contributed by atoms with Gasteiger partial charge in [-0.2, -0.15) is 0 Å². The summed E-state index contributed by atoms with van der Waals surface area (Å²) >= 11 is 3.39. The number of nitrogens with one attached hydrogen (secondary N) is 2. The lowest BCUT2D eigenvalue weighted by atomic mass is 9.68. The number of amides is 1. The minimum atomic E-state index is -0.0304. The van der Waals surface area contributed by atoms with Gasteiger partial charge < -0.3 is 15.5 Å². The molecule has 2 aliphatic rings. The van der Waals surface area contributed by atoms with E-state index in [-0.39, 0.29) is 5.91 Å². The molecule has 1 saturated heterocycles. The van der Waals surface area contributed by atoms with Crippen molar-refractivity contribution in [1.29, 1.82) is 0 Å². The molecule has 1 spiro atoms. The van der Waals surface area contributed by atoms with Crippen LogP contribution in [-0.2, 0) is 0 Å². The van der Waals surface area contributed by atoms with E-state index >= 15 is 0 Å². The fourth-order valence-electron chi connectivity index (χ4n) is 3.76. The summed E-state index contributed by atoms with van der Waals surface area (Å²) in [7, 11) is 1.85. The van der Waals surface area contributed by atoms with Crippen molar-refractivity contribution in [3.05, 3.63) is 34.3 Å². The van der Waals surface area contributed by atoms with Crippen LogP contribution in [0.1, 0.15) is 42.5 Å². The van der Waals surface area contributed by atoms with E-state index in [4.69, 9.17) is 0 Å². The first-order valence-corrected chi connectivity index (χ1v) is 9.91. The third-order valence-corrected chi connectivity index (χ3v) is 5.87. The van der Waals surface area contributed by atoms with E-state index < -0.39 is 0 Å². The first-order valence-electron chi connectivity index (χ1n) is 9.11. The Balaban J connectivity index is 1.35. The van der Waals surface area contributed by atoms with Crippen molar-refractivity contribution in [1.82, 2.24) is 15.5 Å². The predicted octanol–water partition coefficient (Wildman–Crippen LogP) is 3.02. The average Bonchev–Trinajstić information content (AvgIpc) is 3.04. The van der Waals surface area contributed by atoms with Crippen LogP contribution in [0.15, 0.2) is 33.7 Å². The summed E-state index contributed by atoms with van der Waals surface area (Å²) in [6.45, 7) is 3.72. The quantitative estimate of drug-likeness (QED) is 0.448. The van der Waals surface area contributed by atoms with Gasteiger partial charge in [-0.1, -0.05) is 28.4 Å². The number of aliphatic imine (C=N–C) groups is 1. The molecule has 2 N–H and O–H groups in total. The number of nitrogens with zero attached hydrogens (tertiary/aromatic N) is 2. The van der Waals surface area contributed by atoms with E-state index in [9.17, 15) is 4.79 Å². The highest BCUT2D eigenvalue weighted by Gasteiger charge is 2.43. The van der Waals surface area contributed by atoms with Crippen LogP contribution in [0.25, 0.3) is 0 Å². The van der Waals surface area contributed by atoms with Crippen molar-refractivity contribution in [2.24, 2.45) is 10.4 Å². The number of likely N-dealkylation sites (tertiary alicyclic amines) is 1. The Morgan fingerprint density at radius 1 is 1.28 bits per heavy atom. The average molecular weight is 407 g/mol. The monoisotopic (exact) mass is 406 g/mol. The molecule has 0 bridgehead atoms. The number of hydrogen-bond donors (Lipinski definition) is 2. The molecule has 0 radical (unpaired) electrons. The lowest BCUT2D eigenvalue weighted by Gasteiger charge is -2.38. The maximum absolute atomic E-state index is 12.1. The van der Waals surface area contributed by atoms with Crippen molar-refractivity contribution < 1.29 is 4.79 Å². The number of hydrogen-bond acceptors (Lipinski definition) is 2. The van der Waals surface area contributed by atoms with Gasteiger partial charge in [0.25, 0.3) is 5.91 Å². The highest BCUT2D eigenvalue weighted by molar-refractivity contribution is 9.10. The van der Waals surface area contributed by atoms with Crippen LogP contribution in [-0.4, -0.2) is 50.0 Å². The molecule has 1 heterocycles. The van der Waals surface area contributed by atoms with E-state index in [0.717, 1.165) is 36.5 Å². The highest BCUT2D eigenvalue weighted by Crippen LogP contribution is 2.47. The second-order valence-electron chi connectivity index (χ2n) is 7.12. The fraction of sp³-hybridized carbons (Fsp3) is 0.579. The van der Waals surface area contributed by atoms with E-state index in [0.29, 0.717) is 17.5 Å². The van der Waals surface area contributed by atoms with Gasteiger partial charge in [-0.05, 0) is 49.3 Å². The van der Waals surface area contributed by atoms with Gasteiger partial charge in [-0.3, -0.25) is 9.79 Å². The lowest BCUT2D eigenvalue weighted by molar-refractivity contribution is 0.0953. The normalized spacial score (nSPS) is 19.0. The smallest absolute Gasteiger partial charge is 0.251 e. The number of guanidine groups is 1. The first-order chi connectivity index (χ1) is 12.1. The Morgan fingerprint density at radius 3 is 2.72 bits per heavy atom. The summed E-state index contributed by atoms with van der Waals surface area (Å²) in [4.78, 5) is 18.9. The largest absolute Gasteiger partial charge is 0.356 e. The van der Waals surface area contributed by atoms with Crippen LogP contribution in [0.5, 0.6) is 0 Å². The van der Waals surface area contributed by atoms with Crippen molar-refractivity contribution in [3.63, 3.8) is 0 Å². The minimum absolute atomic E-state index is 0.0304. The molecule has 1 aliphatic heterocycles. The topological polar surface area (TPSA) is 56.7 Å². The van der Waals surface area contributed by atoms with Crippen LogP contribution in [0.3, 0.4) is 0 Å². The predicted molar refractivity (Wildman–Crippen MR) is 105 cm³/mol. The van der Waals surface area contributed by atoms with Crippen LogP contribution in [0.4, 0.5) is 0 Å². The molecule has 136 valence electrons. The Hall–Kier alpha value is -1.56. The second kappa shape index (κ2) is 8.21. The number of carbonyl (C=O) groups excluding carboxylic acids is 1. The number of rotatable bonds is 5. The number of halogens is 1. The zero-order chi connectivity index (χ0) is 17.7. The van der Waals surface area contributed by atoms with Crippen molar-refractivity contribution >= 4 is 27.8 Å². The summed E-state index contributed by atoms with van der Waals surface area (Å²) in [5.74, 6) is 0.972. The van der Waals surface area contributed by atoms with Gasteiger partial charge in [-0.25, -0.2) is 0 Å². The van der Waals surface area contributed by atoms with Gasteiger partial charge in [0.2, 0.25) is 0 Å². The molecule has 1 aliphatic carbocycles. The van der Waals surface area contributed by atoms with E-state index in [2.05, 4.69) is 36.5 Å². The van der Waals surface area contributed by atoms with Gasteiger partial charge in [0, 0.05) is 43.3 Å². The Morgan fingerprint density at radius 2 is 2.08 bits per heavy atom. The number of benzene rings is 1. The molecule has 1 amide bonds. The maximum Gasteiger partial charge on any atom is 0.251 e. The third kappa shape index (κ3) is 4.54. The highest BCUT2D eigenvalue weighted by atomic mass is 79.9. The van der Waals surface area contributed by atoms with E-state index in [1.165, 1.54) is 25.7 Å². The molecule has 3 rings (SSSR count). The molecule has 6 heteroatoms. The van der Waals surface area contributed by atoms with E-state index in [1.54, 1.807) is 0 Å². The molecule has 1 aromatic rings. The zero-order valence-corrected chi connectivity index (χ0v) is 16.4. The van der Waals surface area contributed by atoms with Crippen molar-refractivity contribution in [2.45, 2.75) is 32.1 Å². The van der Waals surface area contributed by atoms with Crippen LogP contribution in [0.2, 0.25) is 0 Å². The Bertz CT molecular complexity index is 642. The molecular formula is C19H27BrN4O. The molecule has 0 aromatic heterocycles. The molecular weight excluding hydrogens is 380 g/mol. The van der Waals surface area contributed by atoms with Crippen molar-refractivity contribution in [2.75, 3.05) is 33.2 Å². The molecule has 2 fully saturated rings. The Kier molecular flexibility index (Phi) is 5.99. The van der Waals surface area contributed by atoms with Crippen molar-refractivity contribution in [3.8, 4) is 0 Å². The fourth-order valence-corrected chi connectivity index (χ4v) is 4.15. The summed E-state index contributed by atoms with van der Waals surface area (Å²) in [6, 6.07) is 7.44. The second-order valence-corrected chi connectivity index (χ2v) is 8.03. The minimum Gasteiger partial charge on any atom is -0.356 e. The molecule has 25 heavy (non-hydrogen) atoms. The Labute approximate surface area is 158 Å². The molecule has 0 unspecified atom stereocenters. The van der Waals surface area contributed by atoms with Crippen LogP contribution >= 0.6 is 15.9 Å². The summed E-state index contributed by atoms with van der Waals surface area (Å²) in [5.41, 5.74) is 1.26. The van der Waals surface area contributed by atoms with E-state index in [1.807, 2.05) is 31.3 Å². The summed E-state index contributed by atoms with van der Waals surface area (Å²) in [6.07, 6.45) is 6.32. The van der Waals surface area contributed by atoms with Gasteiger partial charge in [0.15, 0.2) is 5.96 Å². The molecule has 0 atom stereocenters.